The van der Waals surface area contributed by atoms with Crippen molar-refractivity contribution in [2.75, 3.05) is 0 Å². The summed E-state index contributed by atoms with van der Waals surface area (Å²) in [5.74, 6) is 0. The molecule has 17 heavy (non-hydrogen) atoms. The molecule has 1 unspecified atom stereocenters. The summed E-state index contributed by atoms with van der Waals surface area (Å²) in [6.07, 6.45) is 5.28. The highest BCUT2D eigenvalue weighted by Gasteiger charge is 2.08. The molecule has 4 heteroatoms. The standard InChI is InChI=1S/C13H18N4/c1-10-6-13(16-17(10)2)8-12(14)7-11-4-3-5-15-9-11/h3-6,9,12H,7-8,14H2,1-2H3. The molecule has 0 fully saturated rings. The molecular formula is C13H18N4. The first-order chi connectivity index (χ1) is 8.15. The Hall–Kier alpha value is -1.68. The van der Waals surface area contributed by atoms with Crippen LogP contribution in [0.25, 0.3) is 0 Å². The van der Waals surface area contributed by atoms with Crippen LogP contribution in [0.15, 0.2) is 30.6 Å². The molecule has 90 valence electrons. The van der Waals surface area contributed by atoms with Crippen molar-refractivity contribution in [2.45, 2.75) is 25.8 Å². The lowest BCUT2D eigenvalue weighted by atomic mass is 10.0. The van der Waals surface area contributed by atoms with Gasteiger partial charge in [0.25, 0.3) is 0 Å². The highest BCUT2D eigenvalue weighted by atomic mass is 15.3. The average molecular weight is 230 g/mol. The summed E-state index contributed by atoms with van der Waals surface area (Å²) in [4.78, 5) is 4.09. The van der Waals surface area contributed by atoms with E-state index in [0.29, 0.717) is 0 Å². The summed E-state index contributed by atoms with van der Waals surface area (Å²) >= 11 is 0. The molecule has 0 spiro atoms. The third-order valence-electron chi connectivity index (χ3n) is 2.86. The van der Waals surface area contributed by atoms with Gasteiger partial charge in [0.15, 0.2) is 0 Å². The summed E-state index contributed by atoms with van der Waals surface area (Å²) in [6, 6.07) is 6.17. The van der Waals surface area contributed by atoms with Crippen molar-refractivity contribution in [1.82, 2.24) is 14.8 Å². The van der Waals surface area contributed by atoms with Gasteiger partial charge in [0.1, 0.15) is 0 Å². The fourth-order valence-electron chi connectivity index (χ4n) is 1.90. The van der Waals surface area contributed by atoms with E-state index in [2.05, 4.69) is 22.2 Å². The van der Waals surface area contributed by atoms with Crippen molar-refractivity contribution >= 4 is 0 Å². The monoisotopic (exact) mass is 230 g/mol. The zero-order valence-electron chi connectivity index (χ0n) is 10.3. The highest BCUT2D eigenvalue weighted by Crippen LogP contribution is 2.07. The van der Waals surface area contributed by atoms with Gasteiger partial charge < -0.3 is 5.73 Å². The lowest BCUT2D eigenvalue weighted by Gasteiger charge is -2.09. The summed E-state index contributed by atoms with van der Waals surface area (Å²) in [7, 11) is 1.95. The van der Waals surface area contributed by atoms with Gasteiger partial charge in [-0.05, 0) is 31.0 Å². The highest BCUT2D eigenvalue weighted by molar-refractivity contribution is 5.13. The molecule has 2 N–H and O–H groups in total. The number of hydrogen-bond acceptors (Lipinski definition) is 3. The van der Waals surface area contributed by atoms with Crippen LogP contribution in [0.5, 0.6) is 0 Å². The van der Waals surface area contributed by atoms with Crippen molar-refractivity contribution < 1.29 is 0 Å². The van der Waals surface area contributed by atoms with E-state index in [-0.39, 0.29) is 6.04 Å². The van der Waals surface area contributed by atoms with Crippen LogP contribution in [0.4, 0.5) is 0 Å². The molecule has 2 aromatic rings. The largest absolute Gasteiger partial charge is 0.327 e. The average Bonchev–Trinajstić information content (AvgIpc) is 2.59. The van der Waals surface area contributed by atoms with E-state index in [1.54, 1.807) is 6.20 Å². The molecule has 2 aromatic heterocycles. The van der Waals surface area contributed by atoms with E-state index in [9.17, 15) is 0 Å². The molecule has 2 heterocycles. The molecule has 0 aliphatic rings. The fraction of sp³-hybridized carbons (Fsp3) is 0.385. The molecule has 0 radical (unpaired) electrons. The van der Waals surface area contributed by atoms with Crippen molar-refractivity contribution in [2.24, 2.45) is 12.8 Å². The maximum absolute atomic E-state index is 6.12. The lowest BCUT2D eigenvalue weighted by molar-refractivity contribution is 0.635. The topological polar surface area (TPSA) is 56.7 Å². The third-order valence-corrected chi connectivity index (χ3v) is 2.86. The van der Waals surface area contributed by atoms with Crippen molar-refractivity contribution in [3.63, 3.8) is 0 Å². The third kappa shape index (κ3) is 3.14. The van der Waals surface area contributed by atoms with Gasteiger partial charge in [-0.3, -0.25) is 9.67 Å². The van der Waals surface area contributed by atoms with Crippen molar-refractivity contribution in [1.29, 1.82) is 0 Å². The van der Waals surface area contributed by atoms with Gasteiger partial charge in [0.2, 0.25) is 0 Å². The molecule has 0 amide bonds. The minimum atomic E-state index is 0.0912. The number of nitrogens with two attached hydrogens (primary N) is 1. The van der Waals surface area contributed by atoms with Crippen LogP contribution in [0.1, 0.15) is 17.0 Å². The second-order valence-corrected chi connectivity index (χ2v) is 4.43. The summed E-state index contributed by atoms with van der Waals surface area (Å²) < 4.78 is 1.88. The van der Waals surface area contributed by atoms with Gasteiger partial charge in [-0.15, -0.1) is 0 Å². The van der Waals surface area contributed by atoms with E-state index in [4.69, 9.17) is 5.73 Å². The number of nitrogens with zero attached hydrogens (tertiary/aromatic N) is 3. The maximum Gasteiger partial charge on any atom is 0.0642 e. The SMILES string of the molecule is Cc1cc(CC(N)Cc2cccnc2)nn1C. The number of aryl methyl sites for hydroxylation is 2. The van der Waals surface area contributed by atoms with Crippen LogP contribution in [0.3, 0.4) is 0 Å². The lowest BCUT2D eigenvalue weighted by Crippen LogP contribution is -2.25. The second kappa shape index (κ2) is 5.10. The quantitative estimate of drug-likeness (QED) is 0.859. The number of aromatic nitrogens is 3. The van der Waals surface area contributed by atoms with Crippen LogP contribution in [-0.4, -0.2) is 20.8 Å². The van der Waals surface area contributed by atoms with Crippen LogP contribution >= 0.6 is 0 Å². The molecule has 2 rings (SSSR count). The molecule has 0 saturated carbocycles. The Labute approximate surface area is 101 Å². The van der Waals surface area contributed by atoms with Gasteiger partial charge in [-0.1, -0.05) is 6.07 Å². The summed E-state index contributed by atoms with van der Waals surface area (Å²) in [6.45, 7) is 2.04. The summed E-state index contributed by atoms with van der Waals surface area (Å²) in [5, 5.41) is 4.41. The van der Waals surface area contributed by atoms with E-state index in [1.165, 1.54) is 5.56 Å². The van der Waals surface area contributed by atoms with E-state index >= 15 is 0 Å². The Morgan fingerprint density at radius 3 is 2.82 bits per heavy atom. The minimum Gasteiger partial charge on any atom is -0.327 e. The van der Waals surface area contributed by atoms with E-state index in [0.717, 1.165) is 24.2 Å². The van der Waals surface area contributed by atoms with Crippen molar-refractivity contribution in [3.05, 3.63) is 47.5 Å². The zero-order chi connectivity index (χ0) is 12.3. The second-order valence-electron chi connectivity index (χ2n) is 4.43. The molecule has 1 atom stereocenters. The van der Waals surface area contributed by atoms with Crippen LogP contribution in [0.2, 0.25) is 0 Å². The fourth-order valence-corrected chi connectivity index (χ4v) is 1.90. The van der Waals surface area contributed by atoms with Gasteiger partial charge in [0, 0.05) is 37.6 Å². The Morgan fingerprint density at radius 1 is 1.41 bits per heavy atom. The van der Waals surface area contributed by atoms with E-state index < -0.39 is 0 Å². The number of pyridine rings is 1. The first-order valence-electron chi connectivity index (χ1n) is 5.79. The molecule has 0 aromatic carbocycles. The maximum atomic E-state index is 6.12. The Morgan fingerprint density at radius 2 is 2.24 bits per heavy atom. The molecule has 0 aliphatic heterocycles. The Balaban J connectivity index is 1.95. The number of hydrogen-bond donors (Lipinski definition) is 1. The van der Waals surface area contributed by atoms with Gasteiger partial charge >= 0.3 is 0 Å². The van der Waals surface area contributed by atoms with Crippen LogP contribution in [-0.2, 0) is 19.9 Å². The molecular weight excluding hydrogens is 212 g/mol. The normalized spacial score (nSPS) is 12.6. The van der Waals surface area contributed by atoms with Gasteiger partial charge in [-0.2, -0.15) is 5.10 Å². The van der Waals surface area contributed by atoms with Crippen molar-refractivity contribution in [3.8, 4) is 0 Å². The first kappa shape index (κ1) is 11.8. The molecule has 0 aliphatic carbocycles. The predicted octanol–water partition coefficient (Wildman–Crippen LogP) is 1.24. The Bertz CT molecular complexity index is 456. The molecule has 0 bridgehead atoms. The molecule has 4 nitrogen and oxygen atoms in total. The Kier molecular flexibility index (Phi) is 3.54. The smallest absolute Gasteiger partial charge is 0.0642 e. The predicted molar refractivity (Wildman–Crippen MR) is 67.6 cm³/mol. The zero-order valence-corrected chi connectivity index (χ0v) is 10.3. The van der Waals surface area contributed by atoms with Gasteiger partial charge in [0.05, 0.1) is 5.69 Å². The van der Waals surface area contributed by atoms with Crippen LogP contribution in [0, 0.1) is 6.92 Å². The number of rotatable bonds is 4. The first-order valence-corrected chi connectivity index (χ1v) is 5.79. The summed E-state index contributed by atoms with van der Waals surface area (Å²) in [5.41, 5.74) is 9.51. The minimum absolute atomic E-state index is 0.0912. The van der Waals surface area contributed by atoms with Crippen LogP contribution < -0.4 is 5.73 Å². The van der Waals surface area contributed by atoms with E-state index in [1.807, 2.05) is 30.9 Å². The molecule has 0 saturated heterocycles. The van der Waals surface area contributed by atoms with Gasteiger partial charge in [-0.25, -0.2) is 0 Å².